The van der Waals surface area contributed by atoms with Crippen molar-refractivity contribution in [1.82, 2.24) is 4.98 Å². The third-order valence-corrected chi connectivity index (χ3v) is 7.50. The predicted octanol–water partition coefficient (Wildman–Crippen LogP) is 6.87. The minimum atomic E-state index is -4.95. The van der Waals surface area contributed by atoms with Gasteiger partial charge in [-0.2, -0.15) is 26.3 Å². The molecule has 12 heteroatoms. The Labute approximate surface area is 203 Å². The lowest BCUT2D eigenvalue weighted by Gasteiger charge is -2.27. The fourth-order valence-corrected chi connectivity index (χ4v) is 5.32. The van der Waals surface area contributed by atoms with Gasteiger partial charge in [-0.15, -0.1) is 0 Å². The number of hydrogen-bond donors (Lipinski definition) is 1. The molecule has 0 saturated heterocycles. The van der Waals surface area contributed by atoms with Crippen molar-refractivity contribution in [3.63, 3.8) is 0 Å². The quantitative estimate of drug-likeness (QED) is 0.368. The van der Waals surface area contributed by atoms with Gasteiger partial charge in [0.1, 0.15) is 11.5 Å². The van der Waals surface area contributed by atoms with E-state index in [0.717, 1.165) is 29.8 Å². The number of hydrogen-bond acceptors (Lipinski definition) is 4. The molecule has 36 heavy (non-hydrogen) atoms. The second kappa shape index (κ2) is 8.39. The largest absolute Gasteiger partial charge is 0.433 e. The van der Waals surface area contributed by atoms with Crippen LogP contribution in [0.5, 0.6) is 0 Å². The van der Waals surface area contributed by atoms with Gasteiger partial charge in [0.05, 0.1) is 28.4 Å². The first-order valence-corrected chi connectivity index (χ1v) is 12.1. The summed E-state index contributed by atoms with van der Waals surface area (Å²) >= 11 is 0. The van der Waals surface area contributed by atoms with E-state index in [-0.39, 0.29) is 27.4 Å². The first kappa shape index (κ1) is 25.8. The van der Waals surface area contributed by atoms with E-state index in [9.17, 15) is 34.8 Å². The monoisotopic (exact) mass is 529 g/mol. The van der Waals surface area contributed by atoms with Crippen LogP contribution < -0.4 is 9.62 Å². The van der Waals surface area contributed by atoms with Gasteiger partial charge in [0.25, 0.3) is 10.0 Å². The lowest BCUT2D eigenvalue weighted by molar-refractivity contribution is -0.141. The van der Waals surface area contributed by atoms with Crippen molar-refractivity contribution in [1.29, 1.82) is 0 Å². The maximum Gasteiger partial charge on any atom is 0.433 e. The lowest BCUT2D eigenvalue weighted by Crippen LogP contribution is -2.32. The molecule has 3 aromatic rings. The maximum absolute atomic E-state index is 14.0. The Morgan fingerprint density at radius 2 is 1.50 bits per heavy atom. The fourth-order valence-electron chi connectivity index (χ4n) is 3.84. The molecule has 5 nitrogen and oxygen atoms in total. The van der Waals surface area contributed by atoms with Crippen LogP contribution in [0.2, 0.25) is 0 Å². The summed E-state index contributed by atoms with van der Waals surface area (Å²) in [6, 6.07) is 10.3. The smallest absolute Gasteiger partial charge is 0.338 e. The molecular weight excluding hydrogens is 508 g/mol. The van der Waals surface area contributed by atoms with Crippen molar-refractivity contribution in [3.8, 4) is 0 Å². The Kier molecular flexibility index (Phi) is 6.02. The summed E-state index contributed by atoms with van der Waals surface area (Å²) in [7, 11) is -4.58. The van der Waals surface area contributed by atoms with E-state index in [1.54, 1.807) is 12.1 Å². The topological polar surface area (TPSA) is 62.3 Å². The molecule has 0 fully saturated rings. The van der Waals surface area contributed by atoms with Crippen LogP contribution in [0.3, 0.4) is 0 Å². The van der Waals surface area contributed by atoms with Crippen LogP contribution in [0.25, 0.3) is 0 Å². The van der Waals surface area contributed by atoms with E-state index in [1.807, 2.05) is 20.8 Å². The van der Waals surface area contributed by atoms with Gasteiger partial charge in [0.2, 0.25) is 0 Å². The Morgan fingerprint density at radius 3 is 2.06 bits per heavy atom. The summed E-state index contributed by atoms with van der Waals surface area (Å²) < 4.78 is 110. The average molecular weight is 530 g/mol. The predicted molar refractivity (Wildman–Crippen MR) is 122 cm³/mol. The number of nitrogens with zero attached hydrogens (tertiary/aromatic N) is 2. The number of para-hydroxylation sites is 1. The van der Waals surface area contributed by atoms with Gasteiger partial charge < -0.3 is 5.32 Å². The number of nitrogens with one attached hydrogen (secondary N) is 1. The minimum Gasteiger partial charge on any atom is -0.338 e. The Bertz CT molecular complexity index is 1410. The zero-order valence-electron chi connectivity index (χ0n) is 19.3. The molecular formula is C24H21F6N3O2S. The molecule has 1 aliphatic heterocycles. The molecule has 0 amide bonds. The summed E-state index contributed by atoms with van der Waals surface area (Å²) in [5, 5.41) is 2.49. The molecule has 0 bridgehead atoms. The van der Waals surface area contributed by atoms with Crippen LogP contribution in [-0.2, 0) is 34.3 Å². The van der Waals surface area contributed by atoms with Gasteiger partial charge in [-0.3, -0.25) is 4.31 Å². The number of benzene rings is 2. The molecule has 0 atom stereocenters. The second-order valence-electron chi connectivity index (χ2n) is 9.31. The van der Waals surface area contributed by atoms with Gasteiger partial charge in [-0.25, -0.2) is 13.4 Å². The highest BCUT2D eigenvalue weighted by Gasteiger charge is 2.41. The summed E-state index contributed by atoms with van der Waals surface area (Å²) in [6.45, 7) is 5.09. The van der Waals surface area contributed by atoms with Gasteiger partial charge >= 0.3 is 12.4 Å². The SMILES string of the molecule is CC(C)(C)c1ccc(S(=O)(=O)N2Cc3ccc(C(F)(F)F)nc3Nc3cccc(C(F)(F)F)c32)cc1. The van der Waals surface area contributed by atoms with Crippen molar-refractivity contribution in [2.75, 3.05) is 9.62 Å². The highest BCUT2D eigenvalue weighted by molar-refractivity contribution is 7.92. The molecule has 0 spiro atoms. The van der Waals surface area contributed by atoms with Crippen molar-refractivity contribution in [2.45, 2.75) is 50.0 Å². The zero-order chi connectivity index (χ0) is 26.7. The van der Waals surface area contributed by atoms with Crippen LogP contribution >= 0.6 is 0 Å². The molecule has 2 aromatic carbocycles. The fraction of sp³-hybridized carbons (Fsp3) is 0.292. The van der Waals surface area contributed by atoms with E-state index in [2.05, 4.69) is 10.3 Å². The highest BCUT2D eigenvalue weighted by Crippen LogP contribution is 2.46. The number of sulfonamides is 1. The number of fused-ring (bicyclic) bond motifs is 2. The number of aromatic nitrogens is 1. The molecule has 1 aliphatic rings. The summed E-state index contributed by atoms with van der Waals surface area (Å²) in [4.78, 5) is 3.26. The molecule has 192 valence electrons. The van der Waals surface area contributed by atoms with Crippen molar-refractivity contribution < 1.29 is 34.8 Å². The van der Waals surface area contributed by atoms with Crippen LogP contribution in [0.15, 0.2) is 59.5 Å². The van der Waals surface area contributed by atoms with Crippen molar-refractivity contribution >= 4 is 27.2 Å². The Hall–Kier alpha value is -3.28. The molecule has 1 aromatic heterocycles. The van der Waals surface area contributed by atoms with Crippen LogP contribution in [-0.4, -0.2) is 13.4 Å². The molecule has 0 aliphatic carbocycles. The van der Waals surface area contributed by atoms with E-state index in [4.69, 9.17) is 0 Å². The first-order chi connectivity index (χ1) is 16.5. The number of anilines is 3. The Morgan fingerprint density at radius 1 is 0.861 bits per heavy atom. The third kappa shape index (κ3) is 4.73. The molecule has 2 heterocycles. The molecule has 1 N–H and O–H groups in total. The number of rotatable bonds is 2. The average Bonchev–Trinajstić information content (AvgIpc) is 2.93. The summed E-state index contributed by atoms with van der Waals surface area (Å²) in [5.74, 6) is -0.383. The second-order valence-corrected chi connectivity index (χ2v) is 11.2. The van der Waals surface area contributed by atoms with E-state index >= 15 is 0 Å². The van der Waals surface area contributed by atoms with Gasteiger partial charge in [0, 0.05) is 5.56 Å². The zero-order valence-corrected chi connectivity index (χ0v) is 20.1. The van der Waals surface area contributed by atoms with Crippen LogP contribution in [0, 0.1) is 0 Å². The first-order valence-electron chi connectivity index (χ1n) is 10.7. The number of alkyl halides is 6. The lowest BCUT2D eigenvalue weighted by atomic mass is 9.87. The molecule has 0 unspecified atom stereocenters. The van der Waals surface area contributed by atoms with Crippen molar-refractivity contribution in [3.05, 3.63) is 77.0 Å². The molecule has 4 rings (SSSR count). The van der Waals surface area contributed by atoms with Gasteiger partial charge in [-0.05, 0) is 41.3 Å². The van der Waals surface area contributed by atoms with Crippen molar-refractivity contribution in [2.24, 2.45) is 0 Å². The summed E-state index contributed by atoms with van der Waals surface area (Å²) in [6.07, 6.45) is -9.75. The minimum absolute atomic E-state index is 0.0257. The highest BCUT2D eigenvalue weighted by atomic mass is 32.2. The Balaban J connectivity index is 1.94. The number of halogens is 6. The standard InChI is InChI=1S/C24H21F6N3O2S/c1-22(2,3)15-8-10-16(11-9-15)36(34,35)33-13-14-7-12-19(24(28,29)30)32-21(14)31-18-6-4-5-17(20(18)33)23(25,26)27/h4-12H,13H2,1-3H3,(H,31,32). The molecule has 0 radical (unpaired) electrons. The normalized spacial score (nSPS) is 14.5. The van der Waals surface area contributed by atoms with Crippen LogP contribution in [0.4, 0.5) is 43.5 Å². The third-order valence-electron chi connectivity index (χ3n) is 5.74. The van der Waals surface area contributed by atoms with E-state index < -0.39 is 45.9 Å². The van der Waals surface area contributed by atoms with Gasteiger partial charge in [-0.1, -0.05) is 45.0 Å². The van der Waals surface area contributed by atoms with Gasteiger partial charge in [0.15, 0.2) is 0 Å². The van der Waals surface area contributed by atoms with Crippen LogP contribution in [0.1, 0.15) is 43.2 Å². The summed E-state index contributed by atoms with van der Waals surface area (Å²) in [5.41, 5.74) is -3.11. The molecule has 0 saturated carbocycles. The number of pyridine rings is 1. The maximum atomic E-state index is 14.0. The van der Waals surface area contributed by atoms with E-state index in [1.165, 1.54) is 12.1 Å². The van der Waals surface area contributed by atoms with E-state index in [0.29, 0.717) is 10.4 Å².